The zero-order valence-corrected chi connectivity index (χ0v) is 27.0. The van der Waals surface area contributed by atoms with Gasteiger partial charge in [0.2, 0.25) is 17.7 Å². The van der Waals surface area contributed by atoms with Crippen LogP contribution in [0.2, 0.25) is 0 Å². The summed E-state index contributed by atoms with van der Waals surface area (Å²) in [5.74, 6) is -2.82. The number of aromatic nitrogens is 1. The number of amides is 4. The van der Waals surface area contributed by atoms with Crippen molar-refractivity contribution in [2.75, 3.05) is 20.2 Å². The second-order valence-electron chi connectivity index (χ2n) is 11.9. The lowest BCUT2D eigenvalue weighted by Crippen LogP contribution is -2.56. The van der Waals surface area contributed by atoms with Gasteiger partial charge in [-0.25, -0.2) is 9.18 Å². The maximum atomic E-state index is 14.0. The zero-order chi connectivity index (χ0) is 33.8. The maximum Gasteiger partial charge on any atom is 0.330 e. The Bertz CT molecular complexity index is 1390. The fourth-order valence-electron chi connectivity index (χ4n) is 5.26. The van der Waals surface area contributed by atoms with Crippen LogP contribution in [0, 0.1) is 24.6 Å². The highest BCUT2D eigenvalue weighted by atomic mass is 19.1. The second-order valence-corrected chi connectivity index (χ2v) is 11.9. The van der Waals surface area contributed by atoms with E-state index >= 15 is 0 Å². The van der Waals surface area contributed by atoms with Gasteiger partial charge in [-0.1, -0.05) is 37.2 Å². The highest BCUT2D eigenvalue weighted by Gasteiger charge is 2.35. The van der Waals surface area contributed by atoms with Crippen molar-refractivity contribution in [3.63, 3.8) is 0 Å². The summed E-state index contributed by atoms with van der Waals surface area (Å²) in [6.07, 6.45) is 4.60. The standard InChI is InChI=1S/C33H44FN5O7/c1-6-45-29(40)14-13-25(19-23-8-7-15-35-30(23)41)36-32(43)28(18-22-9-11-24(34)12-10-22)39(5)33(44)27(16-20(2)3)37-31(42)26-17-21(4)46-38-26/h9-14,17,20,23,25,27-28H,6-8,15-16,18-19H2,1-5H3,(H,35,41)(H,36,43)(H,37,42). The quantitative estimate of drug-likeness (QED) is 0.198. The predicted octanol–water partition coefficient (Wildman–Crippen LogP) is 2.86. The Morgan fingerprint density at radius 2 is 1.91 bits per heavy atom. The summed E-state index contributed by atoms with van der Waals surface area (Å²) in [4.78, 5) is 66.9. The Morgan fingerprint density at radius 3 is 2.52 bits per heavy atom. The average Bonchev–Trinajstić information content (AvgIpc) is 3.45. The number of esters is 1. The maximum absolute atomic E-state index is 14.0. The minimum atomic E-state index is -1.10. The lowest BCUT2D eigenvalue weighted by atomic mass is 9.91. The number of hydrogen-bond donors (Lipinski definition) is 3. The van der Waals surface area contributed by atoms with Crippen molar-refractivity contribution in [3.05, 3.63) is 65.3 Å². The van der Waals surface area contributed by atoms with Gasteiger partial charge in [0.25, 0.3) is 5.91 Å². The number of nitrogens with zero attached hydrogens (tertiary/aromatic N) is 2. The van der Waals surface area contributed by atoms with E-state index in [1.807, 2.05) is 13.8 Å². The van der Waals surface area contributed by atoms with Crippen molar-refractivity contribution in [2.45, 2.75) is 77.9 Å². The number of aryl methyl sites for hydroxylation is 1. The van der Waals surface area contributed by atoms with Crippen LogP contribution < -0.4 is 16.0 Å². The van der Waals surface area contributed by atoms with Gasteiger partial charge in [0, 0.05) is 44.1 Å². The van der Waals surface area contributed by atoms with Gasteiger partial charge in [-0.3, -0.25) is 19.2 Å². The first-order valence-electron chi connectivity index (χ1n) is 15.6. The average molecular weight is 642 g/mol. The van der Waals surface area contributed by atoms with Gasteiger partial charge in [0.1, 0.15) is 23.7 Å². The van der Waals surface area contributed by atoms with Crippen LogP contribution >= 0.6 is 0 Å². The SMILES string of the molecule is CCOC(=O)C=CC(CC1CCCNC1=O)NC(=O)C(Cc1ccc(F)cc1)N(C)C(=O)C(CC(C)C)NC(=O)c1cc(C)on1. The number of ether oxygens (including phenoxy) is 1. The third kappa shape index (κ3) is 10.8. The van der Waals surface area contributed by atoms with Crippen LogP contribution in [0.3, 0.4) is 0 Å². The highest BCUT2D eigenvalue weighted by Crippen LogP contribution is 2.20. The molecule has 0 bridgehead atoms. The highest BCUT2D eigenvalue weighted by molar-refractivity contribution is 5.97. The van der Waals surface area contributed by atoms with Gasteiger partial charge in [-0.2, -0.15) is 0 Å². The van der Waals surface area contributed by atoms with E-state index in [4.69, 9.17) is 9.26 Å². The Hall–Kier alpha value is -4.55. The van der Waals surface area contributed by atoms with Crippen LogP contribution in [0.1, 0.15) is 68.3 Å². The molecule has 1 aromatic heterocycles. The molecule has 1 saturated heterocycles. The number of carbonyl (C=O) groups excluding carboxylic acids is 5. The Morgan fingerprint density at radius 1 is 1.20 bits per heavy atom. The molecule has 1 fully saturated rings. The van der Waals surface area contributed by atoms with Gasteiger partial charge in [-0.15, -0.1) is 0 Å². The van der Waals surface area contributed by atoms with Gasteiger partial charge in [-0.05, 0) is 63.1 Å². The molecule has 250 valence electrons. The molecule has 3 N–H and O–H groups in total. The molecule has 0 radical (unpaired) electrons. The number of likely N-dealkylation sites (N-methyl/N-ethyl adjacent to an activating group) is 1. The van der Waals surface area contributed by atoms with E-state index in [0.717, 1.165) is 6.42 Å². The first-order chi connectivity index (χ1) is 21.9. The lowest BCUT2D eigenvalue weighted by Gasteiger charge is -2.33. The van der Waals surface area contributed by atoms with E-state index in [0.29, 0.717) is 24.3 Å². The summed E-state index contributed by atoms with van der Waals surface area (Å²) in [6.45, 7) is 7.85. The van der Waals surface area contributed by atoms with E-state index in [1.54, 1.807) is 13.8 Å². The van der Waals surface area contributed by atoms with Gasteiger partial charge in [0.15, 0.2) is 5.69 Å². The zero-order valence-electron chi connectivity index (χ0n) is 27.0. The van der Waals surface area contributed by atoms with E-state index in [-0.39, 0.29) is 43.4 Å². The minimum Gasteiger partial charge on any atom is -0.463 e. The molecule has 12 nitrogen and oxygen atoms in total. The van der Waals surface area contributed by atoms with Gasteiger partial charge >= 0.3 is 5.97 Å². The fourth-order valence-corrected chi connectivity index (χ4v) is 5.26. The number of hydrogen-bond acceptors (Lipinski definition) is 8. The number of halogens is 1. The molecule has 2 aromatic rings. The normalized spacial score (nSPS) is 16.8. The fraction of sp³-hybridized carbons (Fsp3) is 0.515. The summed E-state index contributed by atoms with van der Waals surface area (Å²) in [5.41, 5.74) is 0.610. The van der Waals surface area contributed by atoms with Crippen LogP contribution in [0.25, 0.3) is 0 Å². The summed E-state index contributed by atoms with van der Waals surface area (Å²) >= 11 is 0. The lowest BCUT2D eigenvalue weighted by molar-refractivity contribution is -0.140. The molecular formula is C33H44FN5O7. The Labute approximate surface area is 268 Å². The molecule has 2 heterocycles. The molecule has 0 aliphatic carbocycles. The summed E-state index contributed by atoms with van der Waals surface area (Å²) < 4.78 is 23.7. The van der Waals surface area contributed by atoms with E-state index in [9.17, 15) is 28.4 Å². The molecule has 4 amide bonds. The van der Waals surface area contributed by atoms with Crippen molar-refractivity contribution in [2.24, 2.45) is 11.8 Å². The molecular weight excluding hydrogens is 597 g/mol. The number of rotatable bonds is 15. The molecule has 4 unspecified atom stereocenters. The minimum absolute atomic E-state index is 0.00473. The van der Waals surface area contributed by atoms with Crippen LogP contribution in [0.5, 0.6) is 0 Å². The summed E-state index contributed by atoms with van der Waals surface area (Å²) in [7, 11) is 1.47. The number of benzene rings is 1. The van der Waals surface area contributed by atoms with Crippen molar-refractivity contribution in [1.82, 2.24) is 26.0 Å². The van der Waals surface area contributed by atoms with Gasteiger partial charge < -0.3 is 30.1 Å². The van der Waals surface area contributed by atoms with Crippen molar-refractivity contribution < 1.29 is 37.6 Å². The third-order valence-corrected chi connectivity index (χ3v) is 7.65. The van der Waals surface area contributed by atoms with Crippen LogP contribution in [0.15, 0.2) is 47.0 Å². The Balaban J connectivity index is 1.90. The molecule has 1 aromatic carbocycles. The number of piperidine rings is 1. The monoisotopic (exact) mass is 641 g/mol. The molecule has 46 heavy (non-hydrogen) atoms. The van der Waals surface area contributed by atoms with Crippen molar-refractivity contribution in [3.8, 4) is 0 Å². The predicted molar refractivity (Wildman–Crippen MR) is 167 cm³/mol. The smallest absolute Gasteiger partial charge is 0.330 e. The topological polar surface area (TPSA) is 160 Å². The number of nitrogens with one attached hydrogen (secondary N) is 3. The van der Waals surface area contributed by atoms with Crippen LogP contribution in [0.4, 0.5) is 4.39 Å². The molecule has 4 atom stereocenters. The Kier molecular flexibility index (Phi) is 13.5. The molecule has 3 rings (SSSR count). The second kappa shape index (κ2) is 17.2. The van der Waals surface area contributed by atoms with Crippen molar-refractivity contribution >= 4 is 29.6 Å². The first kappa shape index (κ1) is 35.9. The van der Waals surface area contributed by atoms with E-state index in [2.05, 4.69) is 21.1 Å². The molecule has 1 aliphatic rings. The first-order valence-corrected chi connectivity index (χ1v) is 15.6. The molecule has 1 aliphatic heterocycles. The number of carbonyl (C=O) groups is 5. The van der Waals surface area contributed by atoms with Gasteiger partial charge in [0.05, 0.1) is 6.61 Å². The summed E-state index contributed by atoms with van der Waals surface area (Å²) in [5, 5.41) is 12.2. The van der Waals surface area contributed by atoms with E-state index < -0.39 is 53.6 Å². The van der Waals surface area contributed by atoms with Crippen LogP contribution in [-0.2, 0) is 30.3 Å². The summed E-state index contributed by atoms with van der Waals surface area (Å²) in [6, 6.07) is 4.20. The molecule has 0 saturated carbocycles. The van der Waals surface area contributed by atoms with E-state index in [1.165, 1.54) is 54.4 Å². The van der Waals surface area contributed by atoms with Crippen molar-refractivity contribution in [1.29, 1.82) is 0 Å². The molecule has 13 heteroatoms. The molecule has 0 spiro atoms. The third-order valence-electron chi connectivity index (χ3n) is 7.65. The van der Waals surface area contributed by atoms with Crippen LogP contribution in [-0.4, -0.2) is 78.0 Å². The largest absolute Gasteiger partial charge is 0.463 e.